The van der Waals surface area contributed by atoms with Crippen molar-refractivity contribution in [3.05, 3.63) is 28.7 Å². The van der Waals surface area contributed by atoms with Gasteiger partial charge in [-0.3, -0.25) is 0 Å². The topological polar surface area (TPSA) is 38.4 Å². The molecule has 0 saturated carbocycles. The summed E-state index contributed by atoms with van der Waals surface area (Å²) in [7, 11) is 0. The predicted octanol–water partition coefficient (Wildman–Crippen LogP) is 0.547. The molecule has 1 aliphatic rings. The largest absolute Gasteiger partial charge is 0.336 e. The monoisotopic (exact) mass is 162 g/mol. The number of nitrogens with zero attached hydrogens (tertiary/aromatic N) is 2. The zero-order valence-corrected chi connectivity index (χ0v) is 7.11. The molecular formula is C9H10N2O. The number of aromatic nitrogens is 1. The van der Waals surface area contributed by atoms with E-state index in [0.29, 0.717) is 11.5 Å². The van der Waals surface area contributed by atoms with Crippen LogP contribution in [0.1, 0.15) is 12.6 Å². The molecule has 1 aromatic heterocycles. The van der Waals surface area contributed by atoms with Gasteiger partial charge in [-0.25, -0.2) is 4.99 Å². The number of hydrogen-bond donors (Lipinski definition) is 0. The molecule has 0 N–H and O–H groups in total. The third-order valence-electron chi connectivity index (χ3n) is 1.90. The number of aryl methyl sites for hydroxylation is 1. The van der Waals surface area contributed by atoms with Crippen LogP contribution in [0.4, 0.5) is 0 Å². The Labute approximate surface area is 70.1 Å². The molecule has 0 saturated heterocycles. The van der Waals surface area contributed by atoms with Crippen molar-refractivity contribution in [2.45, 2.75) is 13.8 Å². The number of allylic oxidation sites excluding steroid dienone is 1. The van der Waals surface area contributed by atoms with Gasteiger partial charge in [0.25, 0.3) is 5.55 Å². The molecule has 62 valence electrons. The maximum atomic E-state index is 5.02. The van der Waals surface area contributed by atoms with Crippen LogP contribution in [0.5, 0.6) is 0 Å². The molecule has 3 nitrogen and oxygen atoms in total. The van der Waals surface area contributed by atoms with Gasteiger partial charge in [0, 0.05) is 6.20 Å². The number of fused-ring (bicyclic) bond motifs is 1. The van der Waals surface area contributed by atoms with Crippen LogP contribution in [0.15, 0.2) is 21.8 Å². The summed E-state index contributed by atoms with van der Waals surface area (Å²) >= 11 is 0. The average molecular weight is 162 g/mol. The first-order valence-electron chi connectivity index (χ1n) is 3.96. The maximum Gasteiger partial charge on any atom is 0.257 e. The van der Waals surface area contributed by atoms with E-state index in [1.807, 2.05) is 13.0 Å². The highest BCUT2D eigenvalue weighted by Crippen LogP contribution is 2.00. The molecule has 1 aliphatic heterocycles. The fourth-order valence-corrected chi connectivity index (χ4v) is 1.21. The van der Waals surface area contributed by atoms with E-state index in [9.17, 15) is 0 Å². The van der Waals surface area contributed by atoms with Gasteiger partial charge in [-0.2, -0.15) is 0 Å². The van der Waals surface area contributed by atoms with Gasteiger partial charge < -0.3 is 4.52 Å². The van der Waals surface area contributed by atoms with Crippen molar-refractivity contribution in [3.63, 3.8) is 0 Å². The summed E-state index contributed by atoms with van der Waals surface area (Å²) in [5.74, 6) is 0.396. The molecule has 3 heteroatoms. The molecule has 0 amide bonds. The lowest BCUT2D eigenvalue weighted by molar-refractivity contribution is 0.377. The molecule has 0 radical (unpaired) electrons. The average Bonchev–Trinajstić information content (AvgIpc) is 2.31. The lowest BCUT2D eigenvalue weighted by Gasteiger charge is -1.91. The van der Waals surface area contributed by atoms with Crippen molar-refractivity contribution in [3.8, 4) is 0 Å². The van der Waals surface area contributed by atoms with Crippen LogP contribution in [-0.4, -0.2) is 5.16 Å². The van der Waals surface area contributed by atoms with Crippen LogP contribution >= 0.6 is 0 Å². The Morgan fingerprint density at radius 2 is 2.33 bits per heavy atom. The third-order valence-corrected chi connectivity index (χ3v) is 1.90. The van der Waals surface area contributed by atoms with Gasteiger partial charge in [0.1, 0.15) is 0 Å². The second-order valence-electron chi connectivity index (χ2n) is 2.98. The SMILES string of the molecule is Cc1noc2c1=CC(C)C=CN=2. The Morgan fingerprint density at radius 3 is 3.17 bits per heavy atom. The molecule has 0 fully saturated rings. The van der Waals surface area contributed by atoms with Gasteiger partial charge >= 0.3 is 0 Å². The minimum atomic E-state index is 0.396. The van der Waals surface area contributed by atoms with E-state index in [1.54, 1.807) is 6.20 Å². The molecule has 1 aromatic rings. The molecule has 0 aliphatic carbocycles. The summed E-state index contributed by atoms with van der Waals surface area (Å²) in [6, 6.07) is 0. The third kappa shape index (κ3) is 1.07. The minimum Gasteiger partial charge on any atom is -0.336 e. The van der Waals surface area contributed by atoms with Gasteiger partial charge in [0.05, 0.1) is 10.9 Å². The molecule has 0 spiro atoms. The minimum absolute atomic E-state index is 0.396. The molecule has 0 aromatic carbocycles. The van der Waals surface area contributed by atoms with Gasteiger partial charge in [-0.15, -0.1) is 0 Å². The molecule has 2 heterocycles. The van der Waals surface area contributed by atoms with Crippen LogP contribution in [0.25, 0.3) is 6.08 Å². The first-order chi connectivity index (χ1) is 5.77. The second kappa shape index (κ2) is 2.59. The van der Waals surface area contributed by atoms with Crippen molar-refractivity contribution in [1.29, 1.82) is 0 Å². The fourth-order valence-electron chi connectivity index (χ4n) is 1.21. The standard InChI is InChI=1S/C9H10N2O/c1-6-3-4-10-9-8(5-6)7(2)11-12-9/h3-6H,1-2H3. The van der Waals surface area contributed by atoms with Gasteiger partial charge in [0.15, 0.2) is 0 Å². The summed E-state index contributed by atoms with van der Waals surface area (Å²) < 4.78 is 5.02. The number of hydrogen-bond acceptors (Lipinski definition) is 3. The van der Waals surface area contributed by atoms with E-state index in [1.165, 1.54) is 0 Å². The summed E-state index contributed by atoms with van der Waals surface area (Å²) in [6.45, 7) is 4.03. The van der Waals surface area contributed by atoms with Gasteiger partial charge in [-0.1, -0.05) is 24.2 Å². The van der Waals surface area contributed by atoms with Crippen molar-refractivity contribution in [1.82, 2.24) is 5.16 Å². The summed E-state index contributed by atoms with van der Waals surface area (Å²) in [5, 5.41) is 4.86. The molecule has 12 heavy (non-hydrogen) atoms. The first kappa shape index (κ1) is 7.28. The van der Waals surface area contributed by atoms with E-state index in [4.69, 9.17) is 4.52 Å². The van der Waals surface area contributed by atoms with Crippen LogP contribution in [0.2, 0.25) is 0 Å². The zero-order chi connectivity index (χ0) is 8.55. The van der Waals surface area contributed by atoms with Crippen LogP contribution in [0, 0.1) is 12.8 Å². The Morgan fingerprint density at radius 1 is 1.50 bits per heavy atom. The molecule has 2 rings (SSSR count). The second-order valence-corrected chi connectivity index (χ2v) is 2.98. The van der Waals surface area contributed by atoms with Crippen LogP contribution in [0.3, 0.4) is 0 Å². The lowest BCUT2D eigenvalue weighted by atomic mass is 10.1. The summed E-state index contributed by atoms with van der Waals surface area (Å²) in [4.78, 5) is 4.12. The lowest BCUT2D eigenvalue weighted by Crippen LogP contribution is -2.21. The fraction of sp³-hybridized carbons (Fsp3) is 0.333. The highest BCUT2D eigenvalue weighted by atomic mass is 16.5. The zero-order valence-electron chi connectivity index (χ0n) is 7.11. The molecule has 1 unspecified atom stereocenters. The molecule has 1 atom stereocenters. The van der Waals surface area contributed by atoms with Crippen LogP contribution < -0.4 is 10.8 Å². The summed E-state index contributed by atoms with van der Waals surface area (Å²) in [6.07, 6.45) is 5.89. The maximum absolute atomic E-state index is 5.02. The van der Waals surface area contributed by atoms with Gasteiger partial charge in [-0.05, 0) is 12.8 Å². The highest BCUT2D eigenvalue weighted by molar-refractivity contribution is 5.30. The van der Waals surface area contributed by atoms with Crippen molar-refractivity contribution < 1.29 is 4.52 Å². The van der Waals surface area contributed by atoms with Crippen molar-refractivity contribution >= 4 is 6.08 Å². The van der Waals surface area contributed by atoms with E-state index >= 15 is 0 Å². The molecular weight excluding hydrogens is 152 g/mol. The Kier molecular flexibility index (Phi) is 1.57. The normalized spacial score (nSPS) is 20.7. The van der Waals surface area contributed by atoms with E-state index in [0.717, 1.165) is 10.9 Å². The van der Waals surface area contributed by atoms with E-state index in [2.05, 4.69) is 23.1 Å². The number of rotatable bonds is 0. The molecule has 0 bridgehead atoms. The van der Waals surface area contributed by atoms with Gasteiger partial charge in [0.2, 0.25) is 0 Å². The van der Waals surface area contributed by atoms with E-state index < -0.39 is 0 Å². The van der Waals surface area contributed by atoms with Crippen molar-refractivity contribution in [2.75, 3.05) is 0 Å². The quantitative estimate of drug-likeness (QED) is 0.558. The Bertz CT molecular complexity index is 428. The predicted molar refractivity (Wildman–Crippen MR) is 44.8 cm³/mol. The highest BCUT2D eigenvalue weighted by Gasteiger charge is 2.02. The van der Waals surface area contributed by atoms with E-state index in [-0.39, 0.29) is 0 Å². The Hall–Kier alpha value is -1.38. The first-order valence-corrected chi connectivity index (χ1v) is 3.96. The van der Waals surface area contributed by atoms with Crippen molar-refractivity contribution in [2.24, 2.45) is 10.9 Å². The van der Waals surface area contributed by atoms with Crippen LogP contribution in [-0.2, 0) is 0 Å². The summed E-state index contributed by atoms with van der Waals surface area (Å²) in [5.41, 5.74) is 1.53. The smallest absolute Gasteiger partial charge is 0.257 e. The Balaban J connectivity index is 2.79.